The van der Waals surface area contributed by atoms with Crippen LogP contribution in [0.25, 0.3) is 0 Å². The van der Waals surface area contributed by atoms with Crippen molar-refractivity contribution in [3.05, 3.63) is 49.3 Å². The molecule has 0 amide bonds. The quantitative estimate of drug-likeness (QED) is 0.910. The van der Waals surface area contributed by atoms with Gasteiger partial charge in [-0.25, -0.2) is 4.98 Å². The van der Waals surface area contributed by atoms with Crippen LogP contribution in [-0.2, 0) is 13.1 Å². The molecule has 0 spiro atoms. The molecule has 0 bridgehead atoms. The van der Waals surface area contributed by atoms with E-state index in [2.05, 4.69) is 33.2 Å². The van der Waals surface area contributed by atoms with Crippen molar-refractivity contribution in [2.75, 3.05) is 0 Å². The van der Waals surface area contributed by atoms with Gasteiger partial charge in [-0.15, -0.1) is 11.3 Å². The van der Waals surface area contributed by atoms with E-state index in [0.717, 1.165) is 33.2 Å². The van der Waals surface area contributed by atoms with Crippen LogP contribution >= 0.6 is 38.9 Å². The molecule has 0 atom stereocenters. The second-order valence-electron chi connectivity index (χ2n) is 3.70. The molecule has 0 unspecified atom stereocenters. The maximum absolute atomic E-state index is 5.96. The summed E-state index contributed by atoms with van der Waals surface area (Å²) in [4.78, 5) is 5.55. The van der Waals surface area contributed by atoms with E-state index >= 15 is 0 Å². The molecular formula is C12H12BrClN2S. The molecule has 0 aliphatic carbocycles. The predicted molar refractivity (Wildman–Crippen MR) is 76.5 cm³/mol. The van der Waals surface area contributed by atoms with E-state index in [4.69, 9.17) is 11.6 Å². The Morgan fingerprint density at radius 3 is 2.94 bits per heavy atom. The Balaban J connectivity index is 1.91. The lowest BCUT2D eigenvalue weighted by atomic mass is 10.2. The van der Waals surface area contributed by atoms with Gasteiger partial charge in [0.25, 0.3) is 0 Å². The Morgan fingerprint density at radius 1 is 1.41 bits per heavy atom. The molecule has 5 heteroatoms. The molecule has 0 saturated heterocycles. The molecule has 2 nitrogen and oxygen atoms in total. The van der Waals surface area contributed by atoms with E-state index in [1.54, 1.807) is 11.3 Å². The van der Waals surface area contributed by atoms with Crippen LogP contribution < -0.4 is 5.32 Å². The van der Waals surface area contributed by atoms with Gasteiger partial charge in [0.05, 0.1) is 0 Å². The van der Waals surface area contributed by atoms with Crippen LogP contribution in [0.3, 0.4) is 0 Å². The SMILES string of the molecule is Cc1cnc(CNCc2cc(Cl)ccc2Br)s1. The Hall–Kier alpha value is -0.420. The third-order valence-electron chi connectivity index (χ3n) is 2.27. The van der Waals surface area contributed by atoms with Crippen molar-refractivity contribution in [1.29, 1.82) is 0 Å². The van der Waals surface area contributed by atoms with Crippen molar-refractivity contribution in [3.8, 4) is 0 Å². The van der Waals surface area contributed by atoms with E-state index in [9.17, 15) is 0 Å². The smallest absolute Gasteiger partial charge is 0.107 e. The van der Waals surface area contributed by atoms with E-state index in [0.29, 0.717) is 0 Å². The number of nitrogens with one attached hydrogen (secondary N) is 1. The predicted octanol–water partition coefficient (Wildman–Crippen LogP) is 4.16. The number of aromatic nitrogens is 1. The minimum atomic E-state index is 0.759. The summed E-state index contributed by atoms with van der Waals surface area (Å²) in [5.74, 6) is 0. The highest BCUT2D eigenvalue weighted by molar-refractivity contribution is 9.10. The van der Waals surface area contributed by atoms with Gasteiger partial charge in [0.1, 0.15) is 5.01 Å². The highest BCUT2D eigenvalue weighted by Crippen LogP contribution is 2.21. The van der Waals surface area contributed by atoms with Crippen LogP contribution in [0.2, 0.25) is 5.02 Å². The van der Waals surface area contributed by atoms with Crippen molar-refractivity contribution in [3.63, 3.8) is 0 Å². The molecule has 0 radical (unpaired) electrons. The fourth-order valence-electron chi connectivity index (χ4n) is 1.47. The molecule has 0 aliphatic rings. The van der Waals surface area contributed by atoms with Crippen molar-refractivity contribution in [1.82, 2.24) is 10.3 Å². The molecule has 1 aromatic heterocycles. The zero-order chi connectivity index (χ0) is 12.3. The van der Waals surface area contributed by atoms with E-state index in [1.807, 2.05) is 24.4 Å². The summed E-state index contributed by atoms with van der Waals surface area (Å²) in [5.41, 5.74) is 1.16. The molecule has 90 valence electrons. The summed E-state index contributed by atoms with van der Waals surface area (Å²) < 4.78 is 1.07. The van der Waals surface area contributed by atoms with Crippen LogP contribution in [0, 0.1) is 6.92 Å². The van der Waals surface area contributed by atoms with E-state index in [-0.39, 0.29) is 0 Å². The number of thiazole rings is 1. The largest absolute Gasteiger partial charge is 0.306 e. The first-order valence-electron chi connectivity index (χ1n) is 5.21. The van der Waals surface area contributed by atoms with Crippen molar-refractivity contribution >= 4 is 38.9 Å². The molecule has 0 aliphatic heterocycles. The van der Waals surface area contributed by atoms with Crippen LogP contribution in [-0.4, -0.2) is 4.98 Å². The molecule has 1 aromatic carbocycles. The van der Waals surface area contributed by atoms with Gasteiger partial charge in [-0.05, 0) is 30.7 Å². The highest BCUT2D eigenvalue weighted by Gasteiger charge is 2.02. The Morgan fingerprint density at radius 2 is 2.24 bits per heavy atom. The Kier molecular flexibility index (Phi) is 4.56. The summed E-state index contributed by atoms with van der Waals surface area (Å²) in [6.07, 6.45) is 1.90. The topological polar surface area (TPSA) is 24.9 Å². The van der Waals surface area contributed by atoms with Gasteiger partial charge in [-0.3, -0.25) is 0 Å². The standard InChI is InChI=1S/C12H12BrClN2S/c1-8-5-16-12(17-8)7-15-6-9-4-10(14)2-3-11(9)13/h2-5,15H,6-7H2,1H3. The van der Waals surface area contributed by atoms with Gasteiger partial charge in [0, 0.05) is 33.7 Å². The lowest BCUT2D eigenvalue weighted by molar-refractivity contribution is 0.688. The lowest BCUT2D eigenvalue weighted by Gasteiger charge is -2.06. The number of halogens is 2. The average molecular weight is 332 g/mol. The second-order valence-corrected chi connectivity index (χ2v) is 6.31. The summed E-state index contributed by atoms with van der Waals surface area (Å²) in [6, 6.07) is 5.80. The highest BCUT2D eigenvalue weighted by atomic mass is 79.9. The minimum Gasteiger partial charge on any atom is -0.306 e. The van der Waals surface area contributed by atoms with Crippen molar-refractivity contribution < 1.29 is 0 Å². The maximum atomic E-state index is 5.96. The van der Waals surface area contributed by atoms with Crippen LogP contribution in [0.5, 0.6) is 0 Å². The second kappa shape index (κ2) is 5.96. The van der Waals surface area contributed by atoms with Gasteiger partial charge in [0.2, 0.25) is 0 Å². The molecule has 0 saturated carbocycles. The van der Waals surface area contributed by atoms with Crippen molar-refractivity contribution in [2.45, 2.75) is 20.0 Å². The van der Waals surface area contributed by atoms with Gasteiger partial charge in [-0.1, -0.05) is 27.5 Å². The molecular weight excluding hydrogens is 320 g/mol. The first kappa shape index (κ1) is 13.0. The summed E-state index contributed by atoms with van der Waals surface area (Å²) in [5, 5.41) is 5.23. The van der Waals surface area contributed by atoms with Gasteiger partial charge in [-0.2, -0.15) is 0 Å². The van der Waals surface area contributed by atoms with E-state index in [1.165, 1.54) is 4.88 Å². The summed E-state index contributed by atoms with van der Waals surface area (Å²) in [7, 11) is 0. The first-order valence-corrected chi connectivity index (χ1v) is 7.20. The van der Waals surface area contributed by atoms with Crippen LogP contribution in [0.15, 0.2) is 28.9 Å². The summed E-state index contributed by atoms with van der Waals surface area (Å²) in [6.45, 7) is 3.63. The molecule has 0 fully saturated rings. The molecule has 17 heavy (non-hydrogen) atoms. The molecule has 2 rings (SSSR count). The monoisotopic (exact) mass is 330 g/mol. The number of rotatable bonds is 4. The molecule has 2 aromatic rings. The zero-order valence-corrected chi connectivity index (χ0v) is 12.5. The fraction of sp³-hybridized carbons (Fsp3) is 0.250. The van der Waals surface area contributed by atoms with Gasteiger partial charge >= 0.3 is 0 Å². The number of aryl methyl sites for hydroxylation is 1. The minimum absolute atomic E-state index is 0.759. The summed E-state index contributed by atoms with van der Waals surface area (Å²) >= 11 is 11.2. The average Bonchev–Trinajstić information content (AvgIpc) is 2.69. The normalized spacial score (nSPS) is 10.8. The number of nitrogens with zero attached hydrogens (tertiary/aromatic N) is 1. The zero-order valence-electron chi connectivity index (χ0n) is 9.34. The van der Waals surface area contributed by atoms with Crippen LogP contribution in [0.4, 0.5) is 0 Å². The molecule has 1 heterocycles. The fourth-order valence-corrected chi connectivity index (χ4v) is 2.80. The third-order valence-corrected chi connectivity index (χ3v) is 4.19. The molecule has 1 N–H and O–H groups in total. The van der Waals surface area contributed by atoms with Gasteiger partial charge in [0.15, 0.2) is 0 Å². The van der Waals surface area contributed by atoms with Crippen LogP contribution in [0.1, 0.15) is 15.4 Å². The van der Waals surface area contributed by atoms with Gasteiger partial charge < -0.3 is 5.32 Å². The third kappa shape index (κ3) is 3.78. The Bertz CT molecular complexity index is 513. The number of benzene rings is 1. The number of hydrogen-bond acceptors (Lipinski definition) is 3. The van der Waals surface area contributed by atoms with E-state index < -0.39 is 0 Å². The van der Waals surface area contributed by atoms with Crippen molar-refractivity contribution in [2.24, 2.45) is 0 Å². The number of hydrogen-bond donors (Lipinski definition) is 1. The first-order chi connectivity index (χ1) is 8.15. The maximum Gasteiger partial charge on any atom is 0.107 e. The Labute approximate surface area is 118 Å². The lowest BCUT2D eigenvalue weighted by Crippen LogP contribution is -2.12.